The molecule has 3 heteroatoms. The minimum absolute atomic E-state index is 0.241. The van der Waals surface area contributed by atoms with Crippen molar-refractivity contribution in [2.24, 2.45) is 23.2 Å². The number of hydrogen-bond donors (Lipinski definition) is 1. The fourth-order valence-electron chi connectivity index (χ4n) is 8.06. The molecule has 6 aliphatic rings. The van der Waals surface area contributed by atoms with E-state index in [1.807, 2.05) is 0 Å². The second-order valence-electron chi connectivity index (χ2n) is 11.0. The zero-order valence-corrected chi connectivity index (χ0v) is 16.8. The van der Waals surface area contributed by atoms with Gasteiger partial charge in [0.2, 0.25) is 5.91 Å². The van der Waals surface area contributed by atoms with E-state index in [2.05, 4.69) is 34.5 Å². The van der Waals surface area contributed by atoms with Crippen molar-refractivity contribution < 1.29 is 4.79 Å². The van der Waals surface area contributed by atoms with Crippen LogP contribution in [0.4, 0.5) is 0 Å². The topological polar surface area (TPSA) is 32.3 Å². The number of piperidine rings is 1. The van der Waals surface area contributed by atoms with Gasteiger partial charge in [-0.05, 0) is 99.3 Å². The Morgan fingerprint density at radius 3 is 2.57 bits per heavy atom. The molecule has 2 spiro atoms. The molecule has 1 amide bonds. The maximum Gasteiger partial charge on any atom is 0.223 e. The van der Waals surface area contributed by atoms with E-state index in [9.17, 15) is 4.79 Å². The fourth-order valence-corrected chi connectivity index (χ4v) is 8.06. The largest absolute Gasteiger partial charge is 0.349 e. The van der Waals surface area contributed by atoms with Crippen molar-refractivity contribution >= 4 is 5.91 Å². The molecule has 1 N–H and O–H groups in total. The van der Waals surface area contributed by atoms with Gasteiger partial charge in [-0.3, -0.25) is 4.79 Å². The summed E-state index contributed by atoms with van der Waals surface area (Å²) in [6.45, 7) is 2.53. The lowest BCUT2D eigenvalue weighted by Crippen LogP contribution is -2.56. The van der Waals surface area contributed by atoms with Crippen LogP contribution in [-0.4, -0.2) is 29.9 Å². The Kier molecular flexibility index (Phi) is 3.18. The fraction of sp³-hybridized carbons (Fsp3) is 0.720. The Balaban J connectivity index is 1.09. The molecule has 5 aliphatic carbocycles. The first-order chi connectivity index (χ1) is 13.7. The second kappa shape index (κ2) is 5.41. The molecule has 0 aromatic heterocycles. The molecular weight excluding hydrogens is 344 g/mol. The van der Waals surface area contributed by atoms with Crippen LogP contribution in [-0.2, 0) is 10.2 Å². The van der Waals surface area contributed by atoms with Gasteiger partial charge >= 0.3 is 0 Å². The molecule has 5 fully saturated rings. The molecule has 1 aliphatic heterocycles. The van der Waals surface area contributed by atoms with E-state index in [1.54, 1.807) is 12.0 Å². The number of carbonyl (C=O) groups excluding carboxylic acids is 1. The lowest BCUT2D eigenvalue weighted by Gasteiger charge is -2.53. The highest BCUT2D eigenvalue weighted by molar-refractivity contribution is 5.81. The number of benzene rings is 1. The summed E-state index contributed by atoms with van der Waals surface area (Å²) in [5, 5.41) is 3.41. The predicted molar refractivity (Wildman–Crippen MR) is 109 cm³/mol. The summed E-state index contributed by atoms with van der Waals surface area (Å²) < 4.78 is 0. The van der Waals surface area contributed by atoms with E-state index < -0.39 is 0 Å². The molecule has 1 unspecified atom stereocenters. The van der Waals surface area contributed by atoms with Crippen LogP contribution < -0.4 is 5.32 Å². The highest BCUT2D eigenvalue weighted by Crippen LogP contribution is 2.76. The van der Waals surface area contributed by atoms with Gasteiger partial charge in [0.05, 0.1) is 6.04 Å². The van der Waals surface area contributed by atoms with Crippen LogP contribution in [0.5, 0.6) is 0 Å². The first-order valence-corrected chi connectivity index (χ1v) is 11.8. The van der Waals surface area contributed by atoms with Gasteiger partial charge in [-0.15, -0.1) is 0 Å². The van der Waals surface area contributed by atoms with Crippen molar-refractivity contribution in [2.45, 2.75) is 75.3 Å². The molecule has 0 bridgehead atoms. The van der Waals surface area contributed by atoms with Gasteiger partial charge in [-0.1, -0.05) is 24.3 Å². The first kappa shape index (κ1) is 16.4. The van der Waals surface area contributed by atoms with E-state index in [0.717, 1.165) is 42.6 Å². The molecule has 4 saturated carbocycles. The highest BCUT2D eigenvalue weighted by atomic mass is 16.2. The van der Waals surface area contributed by atoms with Gasteiger partial charge in [-0.25, -0.2) is 0 Å². The molecule has 5 atom stereocenters. The Morgan fingerprint density at radius 1 is 1.00 bits per heavy atom. The van der Waals surface area contributed by atoms with Crippen LogP contribution in [0.2, 0.25) is 0 Å². The zero-order valence-electron chi connectivity index (χ0n) is 16.8. The molecule has 1 heterocycles. The normalized spacial score (nSPS) is 42.4. The maximum atomic E-state index is 12.5. The number of likely N-dealkylation sites (tertiary alicyclic amines) is 1. The van der Waals surface area contributed by atoms with Gasteiger partial charge in [0.1, 0.15) is 0 Å². The Morgan fingerprint density at radius 2 is 1.82 bits per heavy atom. The van der Waals surface area contributed by atoms with E-state index in [4.69, 9.17) is 0 Å². The van der Waals surface area contributed by atoms with Crippen molar-refractivity contribution in [3.05, 3.63) is 35.4 Å². The average molecular weight is 377 g/mol. The van der Waals surface area contributed by atoms with Crippen LogP contribution in [0, 0.1) is 23.2 Å². The monoisotopic (exact) mass is 376 g/mol. The number of nitrogens with one attached hydrogen (secondary N) is 1. The van der Waals surface area contributed by atoms with Gasteiger partial charge < -0.3 is 10.2 Å². The summed E-state index contributed by atoms with van der Waals surface area (Å²) in [7, 11) is 0. The molecule has 148 valence electrons. The smallest absolute Gasteiger partial charge is 0.223 e. The predicted octanol–water partition coefficient (Wildman–Crippen LogP) is 4.18. The lowest BCUT2D eigenvalue weighted by atomic mass is 9.65. The van der Waals surface area contributed by atoms with E-state index in [1.165, 1.54) is 50.8 Å². The summed E-state index contributed by atoms with van der Waals surface area (Å²) >= 11 is 0. The van der Waals surface area contributed by atoms with Crippen molar-refractivity contribution in [1.82, 2.24) is 10.2 Å². The maximum absolute atomic E-state index is 12.5. The summed E-state index contributed by atoms with van der Waals surface area (Å²) in [6.07, 6.45) is 11.9. The number of amides is 1. The van der Waals surface area contributed by atoms with Gasteiger partial charge in [0.25, 0.3) is 0 Å². The highest BCUT2D eigenvalue weighted by Gasteiger charge is 2.71. The van der Waals surface area contributed by atoms with E-state index >= 15 is 0 Å². The van der Waals surface area contributed by atoms with Crippen LogP contribution in [0.3, 0.4) is 0 Å². The number of rotatable bonds is 3. The Hall–Kier alpha value is -1.35. The van der Waals surface area contributed by atoms with Crippen LogP contribution in [0.15, 0.2) is 24.3 Å². The standard InChI is InChI=1S/C25H32N2O/c28-23(16-5-6-16)26-21-14-24(19-4-2-1-3-18(19)21)9-11-27(12-10-24)22-15-25-13-17(25)7-8-20(22)25/h1-4,16-17,20-22H,5-15H2,(H,26,28)/t17-,20+,21+,22-,25?/m1/s1. The second-order valence-corrected chi connectivity index (χ2v) is 11.0. The first-order valence-electron chi connectivity index (χ1n) is 11.8. The van der Waals surface area contributed by atoms with Crippen molar-refractivity contribution in [1.29, 1.82) is 0 Å². The molecule has 3 nitrogen and oxygen atoms in total. The van der Waals surface area contributed by atoms with Crippen LogP contribution in [0.1, 0.15) is 75.0 Å². The van der Waals surface area contributed by atoms with Crippen LogP contribution >= 0.6 is 0 Å². The Labute approximate surface area is 168 Å². The van der Waals surface area contributed by atoms with Gasteiger partial charge in [0.15, 0.2) is 0 Å². The number of nitrogens with zero attached hydrogens (tertiary/aromatic N) is 1. The molecule has 0 radical (unpaired) electrons. The average Bonchev–Trinajstić information content (AvgIpc) is 3.61. The molecule has 28 heavy (non-hydrogen) atoms. The third-order valence-corrected chi connectivity index (χ3v) is 9.89. The van der Waals surface area contributed by atoms with Crippen molar-refractivity contribution in [3.63, 3.8) is 0 Å². The summed E-state index contributed by atoms with van der Waals surface area (Å²) in [5.74, 6) is 2.75. The molecular formula is C25H32N2O. The molecule has 7 rings (SSSR count). The van der Waals surface area contributed by atoms with Gasteiger partial charge in [-0.2, -0.15) is 0 Å². The number of fused-ring (bicyclic) bond motifs is 2. The van der Waals surface area contributed by atoms with E-state index in [0.29, 0.717) is 17.2 Å². The van der Waals surface area contributed by atoms with E-state index in [-0.39, 0.29) is 6.04 Å². The Bertz CT molecular complexity index is 835. The van der Waals surface area contributed by atoms with Crippen molar-refractivity contribution in [2.75, 3.05) is 13.1 Å². The lowest BCUT2D eigenvalue weighted by molar-refractivity contribution is -0.123. The minimum atomic E-state index is 0.241. The summed E-state index contributed by atoms with van der Waals surface area (Å²) in [4.78, 5) is 15.3. The van der Waals surface area contributed by atoms with Crippen molar-refractivity contribution in [3.8, 4) is 0 Å². The number of hydrogen-bond acceptors (Lipinski definition) is 2. The zero-order chi connectivity index (χ0) is 18.5. The summed E-state index contributed by atoms with van der Waals surface area (Å²) in [5.41, 5.74) is 4.08. The number of carbonyl (C=O) groups is 1. The SMILES string of the molecule is O=C(N[C@H]1CC2(CCN([C@@H]3CC45C[C@H]4CC[C@@H]35)CC2)c2ccccc21)C1CC1. The third-order valence-electron chi connectivity index (χ3n) is 9.89. The molecule has 1 aromatic rings. The van der Waals surface area contributed by atoms with Crippen LogP contribution in [0.25, 0.3) is 0 Å². The quantitative estimate of drug-likeness (QED) is 0.858. The summed E-state index contributed by atoms with van der Waals surface area (Å²) in [6, 6.07) is 10.1. The van der Waals surface area contributed by atoms with Gasteiger partial charge in [0, 0.05) is 17.4 Å². The minimum Gasteiger partial charge on any atom is -0.349 e. The molecule has 1 aromatic carbocycles. The molecule has 1 saturated heterocycles. The third kappa shape index (κ3) is 2.12.